The number of nitrogens with zero attached hydrogens (tertiary/aromatic N) is 1. The fraction of sp³-hybridized carbons (Fsp3) is 0.120. The molecule has 0 unspecified atom stereocenters. The van der Waals surface area contributed by atoms with Crippen molar-refractivity contribution in [2.45, 2.75) is 5.92 Å². The molecule has 164 valence electrons. The van der Waals surface area contributed by atoms with Crippen molar-refractivity contribution in [3.8, 4) is 28.7 Å². The predicted molar refractivity (Wildman–Crippen MR) is 120 cm³/mol. The van der Waals surface area contributed by atoms with Crippen LogP contribution in [0.3, 0.4) is 0 Å². The molecule has 0 aliphatic heterocycles. The number of ether oxygens (including phenoxy) is 1. The van der Waals surface area contributed by atoms with Crippen LogP contribution in [-0.2, 0) is 4.74 Å². The average molecular weight is 442 g/mol. The topological polar surface area (TPSA) is 119 Å². The Morgan fingerprint density at radius 1 is 1.12 bits per heavy atom. The van der Waals surface area contributed by atoms with Crippen molar-refractivity contribution in [1.29, 1.82) is 0 Å². The fourth-order valence-electron chi connectivity index (χ4n) is 3.84. The minimum absolute atomic E-state index is 0.0715. The standard InChI is InChI=1S/C25H18N2O6/c28-14-17-13-18(27(31)32)12-16(24(17)29)6-5-11-26-25(30)33-15-23-21-9-3-1-7-19(21)20-8-2-4-10-22(20)23/h1-4,7-10,12-14,23,29H,11,15H2,(H,26,30). The van der Waals surface area contributed by atoms with Gasteiger partial charge in [0.05, 0.1) is 22.6 Å². The smallest absolute Gasteiger partial charge is 0.407 e. The Bertz CT molecular complexity index is 1280. The van der Waals surface area contributed by atoms with E-state index in [2.05, 4.69) is 17.2 Å². The summed E-state index contributed by atoms with van der Waals surface area (Å²) >= 11 is 0. The fourth-order valence-corrected chi connectivity index (χ4v) is 3.84. The number of aromatic hydroxyl groups is 1. The second kappa shape index (κ2) is 9.24. The minimum atomic E-state index is -0.688. The number of hydrogen-bond donors (Lipinski definition) is 2. The van der Waals surface area contributed by atoms with Crippen LogP contribution in [0.4, 0.5) is 10.5 Å². The molecule has 33 heavy (non-hydrogen) atoms. The zero-order chi connectivity index (χ0) is 23.4. The summed E-state index contributed by atoms with van der Waals surface area (Å²) in [6.07, 6.45) is -0.356. The highest BCUT2D eigenvalue weighted by Crippen LogP contribution is 2.44. The number of nitrogens with one attached hydrogen (secondary N) is 1. The van der Waals surface area contributed by atoms with Crippen molar-refractivity contribution in [3.63, 3.8) is 0 Å². The molecule has 0 atom stereocenters. The SMILES string of the molecule is O=Cc1cc([N+](=O)[O-])cc(C#CCNC(=O)OCC2c3ccccc3-c3ccccc32)c1O. The molecule has 0 aromatic heterocycles. The van der Waals surface area contributed by atoms with E-state index in [9.17, 15) is 24.8 Å². The first kappa shape index (κ1) is 21.6. The number of amides is 1. The molecule has 0 spiro atoms. The van der Waals surface area contributed by atoms with Crippen LogP contribution in [0.15, 0.2) is 60.7 Å². The van der Waals surface area contributed by atoms with Gasteiger partial charge in [0.1, 0.15) is 12.4 Å². The first-order valence-electron chi connectivity index (χ1n) is 10.0. The van der Waals surface area contributed by atoms with Gasteiger partial charge in [-0.3, -0.25) is 14.9 Å². The molecule has 3 aromatic rings. The van der Waals surface area contributed by atoms with Gasteiger partial charge < -0.3 is 15.2 Å². The summed E-state index contributed by atoms with van der Waals surface area (Å²) < 4.78 is 5.40. The molecule has 0 bridgehead atoms. The minimum Gasteiger partial charge on any atom is -0.506 e. The van der Waals surface area contributed by atoms with E-state index in [0.29, 0.717) is 6.29 Å². The van der Waals surface area contributed by atoms with Gasteiger partial charge in [-0.25, -0.2) is 4.79 Å². The summed E-state index contributed by atoms with van der Waals surface area (Å²) in [6, 6.07) is 18.0. The number of phenolic OH excluding ortho intramolecular Hbond substituents is 1. The number of carbonyl (C=O) groups excluding carboxylic acids is 2. The Balaban J connectivity index is 1.39. The van der Waals surface area contributed by atoms with Crippen molar-refractivity contribution in [3.05, 3.63) is 93.0 Å². The molecule has 2 N–H and O–H groups in total. The van der Waals surface area contributed by atoms with Gasteiger partial charge in [-0.1, -0.05) is 60.4 Å². The second-order valence-electron chi connectivity index (χ2n) is 7.29. The molecule has 8 nitrogen and oxygen atoms in total. The molecule has 1 amide bonds. The van der Waals surface area contributed by atoms with Crippen LogP contribution in [0.1, 0.15) is 33.0 Å². The third-order valence-corrected chi connectivity index (χ3v) is 5.35. The molecule has 0 heterocycles. The maximum atomic E-state index is 12.2. The number of fused-ring (bicyclic) bond motifs is 3. The number of alkyl carbamates (subject to hydrolysis) is 1. The molecular weight excluding hydrogens is 424 g/mol. The highest BCUT2D eigenvalue weighted by molar-refractivity contribution is 5.83. The van der Waals surface area contributed by atoms with Gasteiger partial charge in [0.15, 0.2) is 6.29 Å². The summed E-state index contributed by atoms with van der Waals surface area (Å²) in [6.45, 7) is 0.0386. The lowest BCUT2D eigenvalue weighted by molar-refractivity contribution is -0.384. The van der Waals surface area contributed by atoms with Crippen LogP contribution in [-0.4, -0.2) is 35.6 Å². The van der Waals surface area contributed by atoms with Gasteiger partial charge in [0.2, 0.25) is 0 Å². The number of hydrogen-bond acceptors (Lipinski definition) is 6. The normalized spacial score (nSPS) is 11.5. The number of rotatable bonds is 5. The summed E-state index contributed by atoms with van der Waals surface area (Å²) in [5, 5.41) is 23.5. The largest absolute Gasteiger partial charge is 0.506 e. The third kappa shape index (κ3) is 4.38. The lowest BCUT2D eigenvalue weighted by atomic mass is 9.98. The number of nitro groups is 1. The van der Waals surface area contributed by atoms with Crippen LogP contribution in [0.2, 0.25) is 0 Å². The van der Waals surface area contributed by atoms with E-state index >= 15 is 0 Å². The van der Waals surface area contributed by atoms with Gasteiger partial charge in [-0.05, 0) is 22.3 Å². The molecule has 0 saturated carbocycles. The monoisotopic (exact) mass is 442 g/mol. The molecule has 1 aliphatic rings. The van der Waals surface area contributed by atoms with Crippen molar-refractivity contribution >= 4 is 18.1 Å². The molecular formula is C25H18N2O6. The Labute approximate surface area is 189 Å². The van der Waals surface area contributed by atoms with E-state index in [1.165, 1.54) is 0 Å². The number of carbonyl (C=O) groups is 2. The average Bonchev–Trinajstić information content (AvgIpc) is 3.15. The van der Waals surface area contributed by atoms with Crippen LogP contribution < -0.4 is 5.32 Å². The van der Waals surface area contributed by atoms with Crippen LogP contribution >= 0.6 is 0 Å². The molecule has 0 fully saturated rings. The van der Waals surface area contributed by atoms with Crippen molar-refractivity contribution in [2.24, 2.45) is 0 Å². The van der Waals surface area contributed by atoms with E-state index in [0.717, 1.165) is 34.4 Å². The van der Waals surface area contributed by atoms with E-state index in [1.54, 1.807) is 0 Å². The zero-order valence-corrected chi connectivity index (χ0v) is 17.3. The molecule has 8 heteroatoms. The van der Waals surface area contributed by atoms with Gasteiger partial charge in [0.25, 0.3) is 5.69 Å². The molecule has 3 aromatic carbocycles. The zero-order valence-electron chi connectivity index (χ0n) is 17.3. The lowest BCUT2D eigenvalue weighted by Gasteiger charge is -2.14. The number of nitro benzene ring substituents is 1. The summed E-state index contributed by atoms with van der Waals surface area (Å²) in [5.41, 5.74) is 3.75. The summed E-state index contributed by atoms with van der Waals surface area (Å²) in [7, 11) is 0. The number of benzene rings is 3. The molecule has 0 saturated heterocycles. The van der Waals surface area contributed by atoms with E-state index in [4.69, 9.17) is 4.74 Å². The van der Waals surface area contributed by atoms with E-state index < -0.39 is 16.8 Å². The van der Waals surface area contributed by atoms with Crippen LogP contribution in [0, 0.1) is 22.0 Å². The van der Waals surface area contributed by atoms with Crippen molar-refractivity contribution in [1.82, 2.24) is 5.32 Å². The third-order valence-electron chi connectivity index (χ3n) is 5.35. The van der Waals surface area contributed by atoms with E-state index in [-0.39, 0.29) is 35.9 Å². The Morgan fingerprint density at radius 2 is 1.76 bits per heavy atom. The molecule has 0 radical (unpaired) electrons. The van der Waals surface area contributed by atoms with Crippen LogP contribution in [0.25, 0.3) is 11.1 Å². The number of phenols is 1. The second-order valence-corrected chi connectivity index (χ2v) is 7.29. The Hall–Kier alpha value is -4.64. The van der Waals surface area contributed by atoms with Gasteiger partial charge >= 0.3 is 6.09 Å². The van der Waals surface area contributed by atoms with Crippen molar-refractivity contribution < 1.29 is 24.4 Å². The predicted octanol–water partition coefficient (Wildman–Crippen LogP) is 4.00. The van der Waals surface area contributed by atoms with Gasteiger partial charge in [-0.15, -0.1) is 0 Å². The molecule has 1 aliphatic carbocycles. The van der Waals surface area contributed by atoms with Crippen molar-refractivity contribution in [2.75, 3.05) is 13.2 Å². The lowest BCUT2D eigenvalue weighted by Crippen LogP contribution is -2.26. The quantitative estimate of drug-likeness (QED) is 0.267. The molecule has 4 rings (SSSR count). The van der Waals surface area contributed by atoms with Crippen LogP contribution in [0.5, 0.6) is 5.75 Å². The highest BCUT2D eigenvalue weighted by Gasteiger charge is 2.28. The van der Waals surface area contributed by atoms with Gasteiger partial charge in [0, 0.05) is 18.1 Å². The Morgan fingerprint density at radius 3 is 2.36 bits per heavy atom. The highest BCUT2D eigenvalue weighted by atomic mass is 16.6. The summed E-state index contributed by atoms with van der Waals surface area (Å²) in [4.78, 5) is 33.4. The maximum absolute atomic E-state index is 12.2. The maximum Gasteiger partial charge on any atom is 0.407 e. The van der Waals surface area contributed by atoms with E-state index in [1.807, 2.05) is 48.5 Å². The first-order chi connectivity index (χ1) is 16.0. The summed E-state index contributed by atoms with van der Waals surface area (Å²) in [5.74, 6) is 4.59. The number of aldehydes is 1. The van der Waals surface area contributed by atoms with Gasteiger partial charge in [-0.2, -0.15) is 0 Å². The number of non-ortho nitro benzene ring substituents is 1. The first-order valence-corrected chi connectivity index (χ1v) is 10.0. The Kier molecular flexibility index (Phi) is 6.04.